The quantitative estimate of drug-likeness (QED) is 0.0146. The van der Waals surface area contributed by atoms with Crippen molar-refractivity contribution in [1.82, 2.24) is 4.98 Å². The van der Waals surface area contributed by atoms with Crippen LogP contribution in [-0.4, -0.2) is 128 Å². The SMILES string of the molecule is CC(C)(C)OC(=O)N(CC=CCl)c1ccccc1I.CC(C)(C)OC(=O)N1CC(CCl)c2ccccc21.CC(C)(C)OC(=O)Nc1ccccc1I.CC(C)(C)OC(=O)OC(=O)OC(C)(C)C.CCC[CH2][SnH]([CH2]CCC)[CH2]CCC.COc1ccc2[nH]c(C(=O)N3CC(CCl)c4ccccc43)cc2c1.Nc1ccccc1I. The Labute approximate surface area is 729 Å². The normalized spacial score (nSPS) is 13.5. The summed E-state index contributed by atoms with van der Waals surface area (Å²) in [6.45, 7) is 35.2. The van der Waals surface area contributed by atoms with Crippen LogP contribution in [0.25, 0.3) is 10.9 Å². The number of ether oxygens (including phenoxy) is 7. The van der Waals surface area contributed by atoms with Crippen LogP contribution in [0.3, 0.4) is 0 Å². The van der Waals surface area contributed by atoms with Gasteiger partial charge in [0.15, 0.2) is 0 Å². The number of nitrogens with one attached hydrogen (secondary N) is 2. The molecule has 19 nitrogen and oxygen atoms in total. The van der Waals surface area contributed by atoms with Gasteiger partial charge in [0.2, 0.25) is 0 Å². The predicted octanol–water partition coefficient (Wildman–Crippen LogP) is 25.7. The van der Waals surface area contributed by atoms with Crippen molar-refractivity contribution in [2.45, 2.75) is 216 Å². The van der Waals surface area contributed by atoms with Crippen LogP contribution in [-0.2, 0) is 28.4 Å². The summed E-state index contributed by atoms with van der Waals surface area (Å²) in [5.74, 6) is 2.12. The van der Waals surface area contributed by atoms with E-state index in [0.29, 0.717) is 37.1 Å². The van der Waals surface area contributed by atoms with Gasteiger partial charge in [0.25, 0.3) is 5.91 Å². The molecule has 0 aliphatic carbocycles. The molecule has 9 rings (SSSR count). The fourth-order valence-electron chi connectivity index (χ4n) is 10.8. The molecule has 3 heterocycles. The number of hydrogen-bond donors (Lipinski definition) is 3. The first-order valence-corrected chi connectivity index (χ1v) is 49.4. The Balaban J connectivity index is 0.000000345. The van der Waals surface area contributed by atoms with Crippen LogP contribution in [0.15, 0.2) is 157 Å². The van der Waals surface area contributed by atoms with Crippen molar-refractivity contribution in [3.05, 3.63) is 185 Å². The Morgan fingerprint density at radius 2 is 1.01 bits per heavy atom. The number of carbonyl (C=O) groups is 6. The van der Waals surface area contributed by atoms with Gasteiger partial charge < -0.3 is 48.8 Å². The molecule has 4 amide bonds. The summed E-state index contributed by atoms with van der Waals surface area (Å²) in [7, 11) is 1.63. The minimum Gasteiger partial charge on any atom is -0.497 e. The average molecular weight is 2050 g/mol. The van der Waals surface area contributed by atoms with Crippen LogP contribution in [0.5, 0.6) is 5.75 Å². The van der Waals surface area contributed by atoms with Gasteiger partial charge in [-0.1, -0.05) is 90.5 Å². The first-order valence-electron chi connectivity index (χ1n) is 37.7. The number of para-hydroxylation sites is 5. The molecule has 4 N–H and O–H groups in total. The molecule has 616 valence electrons. The summed E-state index contributed by atoms with van der Waals surface area (Å²) in [5, 5.41) is 3.66. The average Bonchev–Trinajstić information content (AvgIpc) is 1.64. The molecule has 0 bridgehead atoms. The minimum absolute atomic E-state index is 0.0368. The molecule has 0 radical (unpaired) electrons. The number of aromatic nitrogens is 1. The van der Waals surface area contributed by atoms with Gasteiger partial charge in [-0.15, -0.1) is 23.2 Å². The number of amides is 4. The second-order valence-electron chi connectivity index (χ2n) is 31.3. The van der Waals surface area contributed by atoms with Crippen molar-refractivity contribution in [3.63, 3.8) is 0 Å². The molecule has 112 heavy (non-hydrogen) atoms. The predicted molar refractivity (Wildman–Crippen MR) is 490 cm³/mol. The smallest absolute Gasteiger partial charge is 0.274 e. The summed E-state index contributed by atoms with van der Waals surface area (Å²) >= 11 is 23.2. The molecule has 2 atom stereocenters. The van der Waals surface area contributed by atoms with Gasteiger partial charge in [-0.05, 0) is 256 Å². The first kappa shape index (κ1) is 100. The fourth-order valence-corrected chi connectivity index (χ4v) is 23.9. The number of nitrogens with two attached hydrogens (primary N) is 1. The van der Waals surface area contributed by atoms with Crippen molar-refractivity contribution >= 4 is 198 Å². The van der Waals surface area contributed by atoms with Crippen molar-refractivity contribution in [1.29, 1.82) is 0 Å². The Morgan fingerprint density at radius 1 is 0.562 bits per heavy atom. The Kier molecular flexibility index (Phi) is 44.6. The molecule has 0 spiro atoms. The van der Waals surface area contributed by atoms with Gasteiger partial charge in [-0.25, -0.2) is 24.0 Å². The van der Waals surface area contributed by atoms with Crippen LogP contribution < -0.4 is 30.5 Å². The zero-order chi connectivity index (χ0) is 84.2. The van der Waals surface area contributed by atoms with E-state index in [1.165, 1.54) is 44.1 Å². The summed E-state index contributed by atoms with van der Waals surface area (Å²) in [6, 6.07) is 46.4. The van der Waals surface area contributed by atoms with E-state index in [1.807, 2.05) is 213 Å². The number of alkyl halides is 2. The van der Waals surface area contributed by atoms with Crippen LogP contribution in [0.1, 0.15) is 197 Å². The second kappa shape index (κ2) is 49.9. The van der Waals surface area contributed by atoms with Crippen molar-refractivity contribution < 1.29 is 61.9 Å². The number of unbranched alkanes of at least 4 members (excludes halogenated alkanes) is 3. The van der Waals surface area contributed by atoms with E-state index in [-0.39, 0.29) is 29.9 Å². The van der Waals surface area contributed by atoms with E-state index < -0.39 is 66.2 Å². The van der Waals surface area contributed by atoms with Crippen LogP contribution in [0, 0.1) is 10.7 Å². The third-order valence-corrected chi connectivity index (χ3v) is 30.1. The standard InChI is InChI=1S/C19H17ClN2O2.C14H17ClINO2.C14H18ClNO2.C11H14INO2.C10H18O5.C6H6IN.3C4H9.Sn.H/c1-24-14-6-7-16-12(8-14)9-17(21-16)19(23)22-11-13(10-20)15-4-2-3-5-18(15)22;1-14(2,3)19-13(18)17(10-6-9-15)12-8-5-4-7-11(12)16;1-14(2,3)18-13(17)16-9-10(8-15)11-6-4-5-7-12(11)16;1-11(2,3)15-10(14)13-9-7-5-4-6-8(9)12;1-9(2,3)14-7(11)13-8(12)15-10(4,5)6;7-5-3-1-2-4-6(5)8;3*1-3-4-2;;/h2-9,13,21H,10-11H2,1H3;4-9H,10H2,1-3H3;4-7,10H,8-9H2,1-3H3;4-7H,1-3H3,(H,13,14);1-6H3;1-4H,8H2;3*1,3-4H2,2H3;;. The molecule has 2 aliphatic heterocycles. The van der Waals surface area contributed by atoms with E-state index in [2.05, 4.69) is 104 Å². The van der Waals surface area contributed by atoms with Gasteiger partial charge in [-0.2, -0.15) is 0 Å². The number of fused-ring (bicyclic) bond motifs is 3. The Morgan fingerprint density at radius 3 is 1.45 bits per heavy atom. The topological polar surface area (TPSA) is 231 Å². The molecule has 6 aromatic carbocycles. The molecule has 2 unspecified atom stereocenters. The number of H-pyrrole nitrogens is 1. The fraction of sp³-hybridized carbons (Fsp3) is 0.465. The number of benzene rings is 6. The van der Waals surface area contributed by atoms with E-state index in [1.54, 1.807) is 77.8 Å². The third-order valence-electron chi connectivity index (χ3n) is 15.8. The zero-order valence-corrected chi connectivity index (χ0v) is 80.7. The number of rotatable bonds is 17. The van der Waals surface area contributed by atoms with Gasteiger partial charge in [-0.3, -0.25) is 19.9 Å². The zero-order valence-electron chi connectivity index (χ0n) is 68.6. The number of aromatic amines is 1. The summed E-state index contributed by atoms with van der Waals surface area (Å²) in [6.07, 6.45) is 7.35. The molecule has 2 aliphatic rings. The molecule has 26 heteroatoms. The summed E-state index contributed by atoms with van der Waals surface area (Å²) in [5.41, 5.74) is 12.1. The maximum atomic E-state index is 13.0. The molecule has 7 aromatic rings. The van der Waals surface area contributed by atoms with E-state index in [4.69, 9.17) is 69.0 Å². The number of methoxy groups -OCH3 is 1. The molecular weight excluding hydrogens is 1930 g/mol. The van der Waals surface area contributed by atoms with Gasteiger partial charge in [0.05, 0.1) is 24.2 Å². The van der Waals surface area contributed by atoms with Gasteiger partial charge in [0, 0.05) is 81.8 Å². The third kappa shape index (κ3) is 38.7. The van der Waals surface area contributed by atoms with Crippen LogP contribution >= 0.6 is 103 Å². The van der Waals surface area contributed by atoms with Crippen molar-refractivity contribution in [3.8, 4) is 5.75 Å². The number of nitrogens with zero attached hydrogens (tertiary/aromatic N) is 3. The Hall–Kier alpha value is -5.92. The van der Waals surface area contributed by atoms with Crippen LogP contribution in [0.2, 0.25) is 13.3 Å². The molecule has 0 saturated carbocycles. The number of halogens is 6. The van der Waals surface area contributed by atoms with E-state index >= 15 is 0 Å². The van der Waals surface area contributed by atoms with Crippen molar-refractivity contribution in [2.75, 3.05) is 64.3 Å². The maximum Gasteiger partial charge on any atom is 0.274 e. The maximum absolute atomic E-state index is 13.0. The van der Waals surface area contributed by atoms with E-state index in [0.717, 1.165) is 66.9 Å². The number of nitrogen functional groups attached to an aromatic ring is 1. The first-order chi connectivity index (χ1) is 52.5. The number of hydrogen-bond acceptors (Lipinski definition) is 14. The second-order valence-corrected chi connectivity index (χ2v) is 45.6. The molecule has 1 aromatic heterocycles. The van der Waals surface area contributed by atoms with E-state index in [9.17, 15) is 28.8 Å². The molecule has 0 fully saturated rings. The van der Waals surface area contributed by atoms with Gasteiger partial charge in [0.1, 0.15) is 39.4 Å². The minimum atomic E-state index is -1.06. The largest absolute Gasteiger partial charge is 0.497 e. The van der Waals surface area contributed by atoms with Crippen molar-refractivity contribution in [2.24, 2.45) is 0 Å². The summed E-state index contributed by atoms with van der Waals surface area (Å²) < 4.78 is 43.2. The van der Waals surface area contributed by atoms with Gasteiger partial charge >= 0.3 is 123 Å². The van der Waals surface area contributed by atoms with Crippen LogP contribution in [0.4, 0.5) is 52.4 Å². The molecule has 0 saturated heterocycles. The Bertz CT molecular complexity index is 4030. The number of carbonyl (C=O) groups excluding carboxylic acids is 6. The molecular formula is C86H118Cl3I3N6O13Sn. The summed E-state index contributed by atoms with van der Waals surface area (Å²) in [4.78, 5) is 79.1. The number of anilines is 5. The monoisotopic (exact) mass is 2050 g/mol.